The lowest BCUT2D eigenvalue weighted by Crippen LogP contribution is -2.43. The highest BCUT2D eigenvalue weighted by Crippen LogP contribution is 2.21. The van der Waals surface area contributed by atoms with Gasteiger partial charge in [0.05, 0.1) is 5.60 Å². The molecule has 0 aliphatic carbocycles. The van der Waals surface area contributed by atoms with E-state index in [2.05, 4.69) is 48.3 Å². The summed E-state index contributed by atoms with van der Waals surface area (Å²) >= 11 is 0. The van der Waals surface area contributed by atoms with Gasteiger partial charge in [-0.05, 0) is 76.6 Å². The minimum atomic E-state index is -0.511. The van der Waals surface area contributed by atoms with Gasteiger partial charge >= 0.3 is 0 Å². The second kappa shape index (κ2) is 9.59. The minimum Gasteiger partial charge on any atom is -0.390 e. The van der Waals surface area contributed by atoms with Crippen molar-refractivity contribution in [3.8, 4) is 0 Å². The van der Waals surface area contributed by atoms with Crippen molar-refractivity contribution in [3.05, 3.63) is 29.8 Å². The molecule has 0 bridgehead atoms. The maximum Gasteiger partial charge on any atom is 0.0591 e. The van der Waals surface area contributed by atoms with Crippen molar-refractivity contribution in [2.45, 2.75) is 77.9 Å². The summed E-state index contributed by atoms with van der Waals surface area (Å²) in [4.78, 5) is 2.52. The van der Waals surface area contributed by atoms with E-state index in [0.29, 0.717) is 6.04 Å². The van der Waals surface area contributed by atoms with Crippen LogP contribution in [-0.2, 0) is 0 Å². The summed E-state index contributed by atoms with van der Waals surface area (Å²) in [7, 11) is 0. The summed E-state index contributed by atoms with van der Waals surface area (Å²) in [5.74, 6) is 0.738. The number of benzene rings is 1. The summed E-state index contributed by atoms with van der Waals surface area (Å²) in [6, 6.07) is 9.53. The van der Waals surface area contributed by atoms with Gasteiger partial charge < -0.3 is 15.3 Å². The second-order valence-electron chi connectivity index (χ2n) is 8.65. The summed E-state index contributed by atoms with van der Waals surface area (Å²) < 4.78 is 0. The topological polar surface area (TPSA) is 35.5 Å². The Morgan fingerprint density at radius 2 is 1.96 bits per heavy atom. The van der Waals surface area contributed by atoms with Gasteiger partial charge in [0.25, 0.3) is 0 Å². The molecule has 1 unspecified atom stereocenters. The number of hydrogen-bond donors (Lipinski definition) is 2. The van der Waals surface area contributed by atoms with Crippen molar-refractivity contribution in [1.82, 2.24) is 5.32 Å². The van der Waals surface area contributed by atoms with Gasteiger partial charge in [0.2, 0.25) is 0 Å². The third-order valence-corrected chi connectivity index (χ3v) is 5.42. The summed E-state index contributed by atoms with van der Waals surface area (Å²) in [5.41, 5.74) is 2.21. The largest absolute Gasteiger partial charge is 0.390 e. The van der Waals surface area contributed by atoms with E-state index in [9.17, 15) is 5.11 Å². The smallest absolute Gasteiger partial charge is 0.0591 e. The summed E-state index contributed by atoms with van der Waals surface area (Å²) in [6.45, 7) is 11.8. The fraction of sp³-hybridized carbons (Fsp3) is 0.727. The van der Waals surface area contributed by atoms with Gasteiger partial charge in [0.15, 0.2) is 0 Å². The Labute approximate surface area is 154 Å². The molecule has 0 aromatic heterocycles. The Hall–Kier alpha value is -1.06. The molecule has 0 amide bonds. The summed E-state index contributed by atoms with van der Waals surface area (Å²) in [5, 5.41) is 13.5. The van der Waals surface area contributed by atoms with Crippen molar-refractivity contribution in [2.75, 3.05) is 24.5 Å². The highest BCUT2D eigenvalue weighted by Gasteiger charge is 2.19. The van der Waals surface area contributed by atoms with Crippen LogP contribution in [0.15, 0.2) is 24.3 Å². The van der Waals surface area contributed by atoms with Crippen LogP contribution in [0.25, 0.3) is 0 Å². The van der Waals surface area contributed by atoms with E-state index < -0.39 is 5.60 Å². The third-order valence-electron chi connectivity index (χ3n) is 5.42. The fourth-order valence-corrected chi connectivity index (χ4v) is 3.73. The van der Waals surface area contributed by atoms with Crippen molar-refractivity contribution < 1.29 is 5.11 Å². The Balaban J connectivity index is 1.59. The molecule has 0 saturated carbocycles. The van der Waals surface area contributed by atoms with Crippen LogP contribution < -0.4 is 10.2 Å². The van der Waals surface area contributed by atoms with Crippen LogP contribution in [0.1, 0.15) is 64.9 Å². The molecule has 1 heterocycles. The van der Waals surface area contributed by atoms with Gasteiger partial charge in [0, 0.05) is 24.8 Å². The molecule has 142 valence electrons. The van der Waals surface area contributed by atoms with Gasteiger partial charge in [-0.3, -0.25) is 0 Å². The zero-order valence-corrected chi connectivity index (χ0v) is 16.7. The van der Waals surface area contributed by atoms with E-state index in [0.717, 1.165) is 38.4 Å². The second-order valence-corrected chi connectivity index (χ2v) is 8.65. The average Bonchev–Trinajstić information content (AvgIpc) is 2.54. The van der Waals surface area contributed by atoms with E-state index >= 15 is 0 Å². The van der Waals surface area contributed by atoms with Crippen LogP contribution in [0.4, 0.5) is 5.69 Å². The first-order valence-corrected chi connectivity index (χ1v) is 10.1. The number of nitrogens with zero attached hydrogens (tertiary/aromatic N) is 1. The number of rotatable bonds is 9. The van der Waals surface area contributed by atoms with Crippen LogP contribution in [0, 0.1) is 12.8 Å². The fourth-order valence-electron chi connectivity index (χ4n) is 3.73. The zero-order valence-electron chi connectivity index (χ0n) is 16.7. The molecule has 2 N–H and O–H groups in total. The minimum absolute atomic E-state index is 0.511. The van der Waals surface area contributed by atoms with Gasteiger partial charge in [-0.15, -0.1) is 0 Å². The average molecular weight is 347 g/mol. The van der Waals surface area contributed by atoms with E-state index in [1.165, 1.54) is 36.9 Å². The monoisotopic (exact) mass is 346 g/mol. The van der Waals surface area contributed by atoms with Gasteiger partial charge in [0.1, 0.15) is 0 Å². The van der Waals surface area contributed by atoms with E-state index in [-0.39, 0.29) is 0 Å². The molecule has 1 aliphatic heterocycles. The first kappa shape index (κ1) is 20.3. The molecule has 3 heteroatoms. The Morgan fingerprint density at radius 1 is 1.24 bits per heavy atom. The lowest BCUT2D eigenvalue weighted by Gasteiger charge is -2.34. The lowest BCUT2D eigenvalue weighted by molar-refractivity contribution is 0.0669. The molecule has 0 radical (unpaired) electrons. The van der Waals surface area contributed by atoms with Gasteiger partial charge in [-0.1, -0.05) is 31.9 Å². The molecule has 1 fully saturated rings. The number of nitrogens with one attached hydrogen (secondary N) is 1. The quantitative estimate of drug-likeness (QED) is 0.690. The molecular weight excluding hydrogens is 308 g/mol. The molecule has 1 atom stereocenters. The third kappa shape index (κ3) is 7.79. The number of anilines is 1. The van der Waals surface area contributed by atoms with Crippen molar-refractivity contribution in [3.63, 3.8) is 0 Å². The lowest BCUT2D eigenvalue weighted by atomic mass is 9.95. The van der Waals surface area contributed by atoms with E-state index in [1.807, 2.05) is 13.8 Å². The maximum atomic E-state index is 9.78. The zero-order chi connectivity index (χ0) is 18.3. The standard InChI is InChI=1S/C22H38N2O/c1-18(8-6-13-22(3,4)25)10-14-23-20-11-15-24(16-12-20)21-9-5-7-19(2)17-21/h5,7,9,17-18,20,23,25H,6,8,10-16H2,1-4H3. The Morgan fingerprint density at radius 3 is 2.60 bits per heavy atom. The van der Waals surface area contributed by atoms with Gasteiger partial charge in [-0.25, -0.2) is 0 Å². The maximum absolute atomic E-state index is 9.78. The van der Waals surface area contributed by atoms with Crippen LogP contribution in [0.3, 0.4) is 0 Å². The molecule has 25 heavy (non-hydrogen) atoms. The van der Waals surface area contributed by atoms with Gasteiger partial charge in [-0.2, -0.15) is 0 Å². The number of piperidine rings is 1. The van der Waals surface area contributed by atoms with E-state index in [4.69, 9.17) is 0 Å². The van der Waals surface area contributed by atoms with E-state index in [1.54, 1.807) is 0 Å². The normalized spacial score (nSPS) is 17.7. The van der Waals surface area contributed by atoms with Crippen molar-refractivity contribution in [2.24, 2.45) is 5.92 Å². The van der Waals surface area contributed by atoms with Crippen molar-refractivity contribution in [1.29, 1.82) is 0 Å². The molecule has 1 saturated heterocycles. The molecule has 3 nitrogen and oxygen atoms in total. The van der Waals surface area contributed by atoms with Crippen LogP contribution in [-0.4, -0.2) is 36.4 Å². The molecule has 1 aliphatic rings. The predicted molar refractivity (Wildman–Crippen MR) is 108 cm³/mol. The number of hydrogen-bond acceptors (Lipinski definition) is 3. The molecule has 1 aromatic carbocycles. The molecule has 2 rings (SSSR count). The van der Waals surface area contributed by atoms with Crippen LogP contribution >= 0.6 is 0 Å². The molecule has 1 aromatic rings. The number of aliphatic hydroxyl groups is 1. The Kier molecular flexibility index (Phi) is 7.77. The SMILES string of the molecule is Cc1cccc(N2CCC(NCCC(C)CCCC(C)(C)O)CC2)c1. The summed E-state index contributed by atoms with van der Waals surface area (Å²) in [6.07, 6.45) is 6.96. The molecule has 0 spiro atoms. The first-order valence-electron chi connectivity index (χ1n) is 10.1. The first-order chi connectivity index (χ1) is 11.8. The molecular formula is C22H38N2O. The highest BCUT2D eigenvalue weighted by molar-refractivity contribution is 5.48. The Bertz CT molecular complexity index is 501. The van der Waals surface area contributed by atoms with Crippen LogP contribution in [0.2, 0.25) is 0 Å². The predicted octanol–water partition coefficient (Wildman–Crippen LogP) is 4.52. The van der Waals surface area contributed by atoms with Crippen molar-refractivity contribution >= 4 is 5.69 Å². The van der Waals surface area contributed by atoms with Crippen LogP contribution in [0.5, 0.6) is 0 Å². The number of aryl methyl sites for hydroxylation is 1. The highest BCUT2D eigenvalue weighted by atomic mass is 16.3.